The number of carbonyl (C=O) groups excluding carboxylic acids is 1. The summed E-state index contributed by atoms with van der Waals surface area (Å²) in [5.41, 5.74) is 4.20. The number of aryl methyl sites for hydroxylation is 2. The van der Waals surface area contributed by atoms with Gasteiger partial charge in [0.15, 0.2) is 0 Å². The number of para-hydroxylation sites is 1. The van der Waals surface area contributed by atoms with E-state index < -0.39 is 16.8 Å². The van der Waals surface area contributed by atoms with Crippen LogP contribution in [0, 0.1) is 22.5 Å². The lowest BCUT2D eigenvalue weighted by Crippen LogP contribution is -2.21. The summed E-state index contributed by atoms with van der Waals surface area (Å²) in [6.07, 6.45) is 3.55. The van der Waals surface area contributed by atoms with Crippen LogP contribution in [0.2, 0.25) is 0 Å². The fraction of sp³-hybridized carbons (Fsp3) is 0.387. The minimum Gasteiger partial charge on any atom is -0.469 e. The fourth-order valence-electron chi connectivity index (χ4n) is 4.51. The van der Waals surface area contributed by atoms with E-state index in [1.165, 1.54) is 24.3 Å². The molecule has 0 heterocycles. The zero-order valence-electron chi connectivity index (χ0n) is 22.7. The van der Waals surface area contributed by atoms with Crippen molar-refractivity contribution in [2.45, 2.75) is 66.2 Å². The first-order chi connectivity index (χ1) is 17.5. The maximum absolute atomic E-state index is 13.1. The Kier molecular flexibility index (Phi) is 9.09. The fourth-order valence-corrected chi connectivity index (χ4v) is 4.51. The number of unbranched alkanes of at least 4 members (excludes halogenated alkanes) is 1. The minimum absolute atomic E-state index is 0.130. The number of ether oxygens (including phenoxy) is 2. The quantitative estimate of drug-likeness (QED) is 0.158. The van der Waals surface area contributed by atoms with Crippen LogP contribution in [0.5, 0.6) is 11.5 Å². The number of benzene rings is 3. The second-order valence-electron chi connectivity index (χ2n) is 10.7. The molecular formula is C31H37NO5. The summed E-state index contributed by atoms with van der Waals surface area (Å²) in [7, 11) is 1.35. The topological polar surface area (TPSA) is 78.7 Å². The third-order valence-electron chi connectivity index (χ3n) is 6.44. The summed E-state index contributed by atoms with van der Waals surface area (Å²) in [5.74, 6) is -0.466. The van der Waals surface area contributed by atoms with Crippen LogP contribution in [-0.4, -0.2) is 18.0 Å². The van der Waals surface area contributed by atoms with E-state index in [2.05, 4.69) is 26.0 Å². The molecule has 0 saturated heterocycles. The number of esters is 1. The van der Waals surface area contributed by atoms with Crippen molar-refractivity contribution in [2.24, 2.45) is 5.41 Å². The van der Waals surface area contributed by atoms with Crippen LogP contribution in [0.1, 0.15) is 69.6 Å². The van der Waals surface area contributed by atoms with Gasteiger partial charge in [0.1, 0.15) is 5.75 Å². The van der Waals surface area contributed by atoms with Gasteiger partial charge in [0.25, 0.3) is 0 Å². The summed E-state index contributed by atoms with van der Waals surface area (Å²) in [6.45, 7) is 10.4. The van der Waals surface area contributed by atoms with Crippen molar-refractivity contribution in [2.75, 3.05) is 7.11 Å². The predicted molar refractivity (Wildman–Crippen MR) is 147 cm³/mol. The van der Waals surface area contributed by atoms with Crippen molar-refractivity contribution in [3.63, 3.8) is 0 Å². The first-order valence-electron chi connectivity index (χ1n) is 12.8. The number of hydrogen-bond donors (Lipinski definition) is 0. The molecule has 0 radical (unpaired) electrons. The number of methoxy groups -OCH3 is 1. The molecule has 3 aromatic rings. The molecule has 0 N–H and O–H groups in total. The smallest absolute Gasteiger partial charge is 0.313 e. The number of hydrogen-bond acceptors (Lipinski definition) is 5. The lowest BCUT2D eigenvalue weighted by molar-refractivity contribution is -0.385. The molecule has 0 aliphatic carbocycles. The molecule has 6 heteroatoms. The molecule has 6 nitrogen and oxygen atoms in total. The highest BCUT2D eigenvalue weighted by atomic mass is 16.6. The SMILES string of the molecule is CCCCc1cc(-c2cc(Oc3ccccc3)c([N+](=O)[O-])cc2C(CC(C)(C)C)C(=O)OC)ccc1C. The summed E-state index contributed by atoms with van der Waals surface area (Å²) >= 11 is 0. The number of carbonyl (C=O) groups is 1. The van der Waals surface area contributed by atoms with Gasteiger partial charge in [0.05, 0.1) is 18.0 Å². The molecule has 0 amide bonds. The summed E-state index contributed by atoms with van der Waals surface area (Å²) in [4.78, 5) is 24.8. The standard InChI is InChI=1S/C31H37NO5/c1-7-8-12-22-17-23(16-15-21(22)2)25-19-29(37-24-13-10-9-11-14-24)28(32(34)35)18-26(25)27(30(33)36-6)20-31(3,4)5/h9-11,13-19,27H,7-8,12,20H2,1-6H3. The first-order valence-corrected chi connectivity index (χ1v) is 12.8. The molecule has 0 saturated carbocycles. The Balaban J connectivity index is 2.30. The van der Waals surface area contributed by atoms with Crippen molar-refractivity contribution < 1.29 is 19.2 Å². The third kappa shape index (κ3) is 7.19. The average Bonchev–Trinajstić information content (AvgIpc) is 2.86. The van der Waals surface area contributed by atoms with Crippen LogP contribution < -0.4 is 4.74 Å². The zero-order valence-corrected chi connectivity index (χ0v) is 22.7. The van der Waals surface area contributed by atoms with E-state index >= 15 is 0 Å². The van der Waals surface area contributed by atoms with E-state index in [-0.39, 0.29) is 16.9 Å². The Morgan fingerprint density at radius 2 is 1.76 bits per heavy atom. The van der Waals surface area contributed by atoms with Gasteiger partial charge in [0.2, 0.25) is 5.75 Å². The van der Waals surface area contributed by atoms with Crippen LogP contribution in [0.4, 0.5) is 5.69 Å². The summed E-state index contributed by atoms with van der Waals surface area (Å²) in [6, 6.07) is 18.4. The molecule has 0 fully saturated rings. The highest BCUT2D eigenvalue weighted by Gasteiger charge is 2.33. The maximum Gasteiger partial charge on any atom is 0.313 e. The molecule has 1 unspecified atom stereocenters. The average molecular weight is 504 g/mol. The molecule has 37 heavy (non-hydrogen) atoms. The monoisotopic (exact) mass is 503 g/mol. The molecule has 3 rings (SSSR count). The number of rotatable bonds is 10. The summed E-state index contributed by atoms with van der Waals surface area (Å²) < 4.78 is 11.2. The van der Waals surface area contributed by atoms with Gasteiger partial charge in [-0.1, -0.05) is 70.5 Å². The number of nitro benzene ring substituents is 1. The van der Waals surface area contributed by atoms with Gasteiger partial charge in [-0.15, -0.1) is 0 Å². The van der Waals surface area contributed by atoms with Gasteiger partial charge >= 0.3 is 11.7 Å². The van der Waals surface area contributed by atoms with Gasteiger partial charge in [0, 0.05) is 6.07 Å². The number of nitro groups is 1. The highest BCUT2D eigenvalue weighted by Crippen LogP contribution is 2.44. The van der Waals surface area contributed by atoms with Crippen LogP contribution in [0.15, 0.2) is 60.7 Å². The Labute approximate surface area is 219 Å². The van der Waals surface area contributed by atoms with Crippen LogP contribution in [-0.2, 0) is 16.0 Å². The predicted octanol–water partition coefficient (Wildman–Crippen LogP) is 8.40. The van der Waals surface area contributed by atoms with Crippen molar-refractivity contribution in [1.29, 1.82) is 0 Å². The summed E-state index contributed by atoms with van der Waals surface area (Å²) in [5, 5.41) is 12.2. The van der Waals surface area contributed by atoms with E-state index in [4.69, 9.17) is 9.47 Å². The molecule has 1 atom stereocenters. The van der Waals surface area contributed by atoms with E-state index in [0.717, 1.165) is 30.4 Å². The molecule has 0 aromatic heterocycles. The van der Waals surface area contributed by atoms with E-state index in [0.29, 0.717) is 17.7 Å². The van der Waals surface area contributed by atoms with Crippen molar-refractivity contribution in [1.82, 2.24) is 0 Å². The maximum atomic E-state index is 13.1. The van der Waals surface area contributed by atoms with Gasteiger partial charge < -0.3 is 9.47 Å². The van der Waals surface area contributed by atoms with Gasteiger partial charge in [-0.25, -0.2) is 0 Å². The lowest BCUT2D eigenvalue weighted by atomic mass is 9.78. The molecular weight excluding hydrogens is 466 g/mol. The molecule has 0 bridgehead atoms. The second-order valence-corrected chi connectivity index (χ2v) is 10.7. The highest BCUT2D eigenvalue weighted by molar-refractivity contribution is 5.84. The van der Waals surface area contributed by atoms with Gasteiger partial charge in [-0.05, 0) is 77.6 Å². The van der Waals surface area contributed by atoms with E-state index in [9.17, 15) is 14.9 Å². The third-order valence-corrected chi connectivity index (χ3v) is 6.44. The Morgan fingerprint density at radius 1 is 1.05 bits per heavy atom. The normalized spacial score (nSPS) is 12.2. The van der Waals surface area contributed by atoms with Crippen molar-refractivity contribution in [3.05, 3.63) is 87.5 Å². The van der Waals surface area contributed by atoms with Crippen LogP contribution in [0.25, 0.3) is 11.1 Å². The Morgan fingerprint density at radius 3 is 2.35 bits per heavy atom. The first kappa shape index (κ1) is 27.9. The Bertz CT molecular complexity index is 1240. The largest absolute Gasteiger partial charge is 0.469 e. The lowest BCUT2D eigenvalue weighted by Gasteiger charge is -2.26. The van der Waals surface area contributed by atoms with E-state index in [1.54, 1.807) is 18.2 Å². The van der Waals surface area contributed by atoms with Crippen molar-refractivity contribution >= 4 is 11.7 Å². The molecule has 0 spiro atoms. The molecule has 3 aromatic carbocycles. The van der Waals surface area contributed by atoms with Gasteiger partial charge in [-0.2, -0.15) is 0 Å². The molecule has 196 valence electrons. The van der Waals surface area contributed by atoms with E-state index in [1.807, 2.05) is 45.0 Å². The second kappa shape index (κ2) is 12.0. The van der Waals surface area contributed by atoms with Gasteiger partial charge in [-0.3, -0.25) is 14.9 Å². The van der Waals surface area contributed by atoms with Crippen LogP contribution >= 0.6 is 0 Å². The minimum atomic E-state index is -0.676. The zero-order chi connectivity index (χ0) is 27.2. The molecule has 0 aliphatic rings. The number of nitrogens with zero attached hydrogens (tertiary/aromatic N) is 1. The molecule has 0 aliphatic heterocycles. The van der Waals surface area contributed by atoms with Crippen molar-refractivity contribution in [3.8, 4) is 22.6 Å². The Hall–Kier alpha value is -3.67. The van der Waals surface area contributed by atoms with Crippen LogP contribution in [0.3, 0.4) is 0 Å².